The molecule has 14 heavy (non-hydrogen) atoms. The van der Waals surface area contributed by atoms with Gasteiger partial charge in [-0.05, 0) is 40.6 Å². The monoisotopic (exact) mass is 301 g/mol. The molecule has 3 N–H and O–H groups in total. The molecular formula is C10H12IN3. The van der Waals surface area contributed by atoms with E-state index in [1.807, 2.05) is 12.4 Å². The van der Waals surface area contributed by atoms with Gasteiger partial charge in [-0.15, -0.1) is 0 Å². The summed E-state index contributed by atoms with van der Waals surface area (Å²) in [5.74, 6) is 0. The number of rotatable bonds is 2. The summed E-state index contributed by atoms with van der Waals surface area (Å²) in [6.07, 6.45) is 4.75. The maximum Gasteiger partial charge on any atom is 0.138 e. The van der Waals surface area contributed by atoms with Crippen LogP contribution in [0.5, 0.6) is 0 Å². The lowest BCUT2D eigenvalue weighted by molar-refractivity contribution is 0.697. The summed E-state index contributed by atoms with van der Waals surface area (Å²) >= 11 is 2.29. The highest BCUT2D eigenvalue weighted by molar-refractivity contribution is 14.1. The van der Waals surface area contributed by atoms with Gasteiger partial charge in [-0.1, -0.05) is 6.92 Å². The molecule has 0 fully saturated rings. The highest BCUT2D eigenvalue weighted by atomic mass is 127. The third-order valence-electron chi connectivity index (χ3n) is 2.37. The summed E-state index contributed by atoms with van der Waals surface area (Å²) < 4.78 is 1.19. The van der Waals surface area contributed by atoms with Crippen LogP contribution in [0.2, 0.25) is 0 Å². The van der Waals surface area contributed by atoms with Crippen LogP contribution in [0, 0.1) is 3.57 Å². The Morgan fingerprint density at radius 2 is 2.43 bits per heavy atom. The van der Waals surface area contributed by atoms with E-state index in [2.05, 4.69) is 45.5 Å². The number of fused-ring (bicyclic) bond motifs is 1. The van der Waals surface area contributed by atoms with E-state index in [1.165, 1.54) is 3.57 Å². The van der Waals surface area contributed by atoms with E-state index in [4.69, 9.17) is 5.73 Å². The third kappa shape index (κ3) is 1.64. The molecule has 0 aliphatic rings. The zero-order valence-corrected chi connectivity index (χ0v) is 10.1. The van der Waals surface area contributed by atoms with Crippen molar-refractivity contribution in [3.8, 4) is 0 Å². The molecule has 0 aliphatic heterocycles. The second-order valence-corrected chi connectivity index (χ2v) is 4.48. The first-order valence-corrected chi connectivity index (χ1v) is 5.68. The molecule has 2 rings (SSSR count). The Bertz CT molecular complexity index is 450. The van der Waals surface area contributed by atoms with Crippen molar-refractivity contribution in [1.29, 1.82) is 0 Å². The molecule has 2 aromatic heterocycles. The molecular weight excluding hydrogens is 289 g/mol. The van der Waals surface area contributed by atoms with Gasteiger partial charge in [0.25, 0.3) is 0 Å². The molecule has 2 aromatic rings. The van der Waals surface area contributed by atoms with Crippen molar-refractivity contribution >= 4 is 33.6 Å². The zero-order chi connectivity index (χ0) is 10.1. The quantitative estimate of drug-likeness (QED) is 0.838. The summed E-state index contributed by atoms with van der Waals surface area (Å²) in [6, 6.07) is 2.21. The van der Waals surface area contributed by atoms with Gasteiger partial charge in [-0.3, -0.25) is 0 Å². The molecule has 0 saturated carbocycles. The zero-order valence-electron chi connectivity index (χ0n) is 7.92. The largest absolute Gasteiger partial charge is 0.345 e. The van der Waals surface area contributed by atoms with E-state index in [0.717, 1.165) is 23.0 Å². The van der Waals surface area contributed by atoms with E-state index in [-0.39, 0.29) is 6.04 Å². The Morgan fingerprint density at radius 1 is 1.64 bits per heavy atom. The number of pyridine rings is 1. The molecule has 0 amide bonds. The molecule has 0 saturated heterocycles. The van der Waals surface area contributed by atoms with Gasteiger partial charge >= 0.3 is 0 Å². The molecule has 1 atom stereocenters. The van der Waals surface area contributed by atoms with E-state index < -0.39 is 0 Å². The van der Waals surface area contributed by atoms with Gasteiger partial charge in [0, 0.05) is 27.4 Å². The Kier molecular flexibility index (Phi) is 2.73. The molecule has 0 aromatic carbocycles. The number of aromatic nitrogens is 2. The second-order valence-electron chi connectivity index (χ2n) is 3.32. The summed E-state index contributed by atoms with van der Waals surface area (Å²) in [6.45, 7) is 2.08. The lowest BCUT2D eigenvalue weighted by Gasteiger charge is -2.07. The number of hydrogen-bond acceptors (Lipinski definition) is 2. The second kappa shape index (κ2) is 3.86. The van der Waals surface area contributed by atoms with Gasteiger partial charge < -0.3 is 10.7 Å². The normalized spacial score (nSPS) is 13.4. The van der Waals surface area contributed by atoms with Crippen molar-refractivity contribution in [2.45, 2.75) is 19.4 Å². The number of H-pyrrole nitrogens is 1. The van der Waals surface area contributed by atoms with Crippen LogP contribution in [0.15, 0.2) is 18.5 Å². The minimum Gasteiger partial charge on any atom is -0.345 e. The van der Waals surface area contributed by atoms with Crippen molar-refractivity contribution in [3.63, 3.8) is 0 Å². The third-order valence-corrected chi connectivity index (χ3v) is 3.26. The van der Waals surface area contributed by atoms with Crippen LogP contribution < -0.4 is 5.73 Å². The summed E-state index contributed by atoms with van der Waals surface area (Å²) in [4.78, 5) is 7.44. The minimum absolute atomic E-state index is 0.0950. The van der Waals surface area contributed by atoms with Crippen LogP contribution in [-0.2, 0) is 0 Å². The maximum absolute atomic E-state index is 5.95. The Morgan fingerprint density at radius 3 is 3.14 bits per heavy atom. The predicted molar refractivity (Wildman–Crippen MR) is 66.0 cm³/mol. The van der Waals surface area contributed by atoms with Crippen molar-refractivity contribution in [3.05, 3.63) is 27.6 Å². The number of nitrogens with zero attached hydrogens (tertiary/aromatic N) is 1. The fourth-order valence-corrected chi connectivity index (χ4v) is 1.99. The Hall–Kier alpha value is -0.620. The van der Waals surface area contributed by atoms with Gasteiger partial charge in [0.2, 0.25) is 0 Å². The van der Waals surface area contributed by atoms with Crippen LogP contribution in [-0.4, -0.2) is 9.97 Å². The first kappa shape index (κ1) is 9.92. The van der Waals surface area contributed by atoms with E-state index in [1.54, 1.807) is 0 Å². The number of halogens is 1. The predicted octanol–water partition coefficient (Wildman–Crippen LogP) is 2.58. The Labute approximate surface area is 96.2 Å². The molecule has 2 heterocycles. The molecule has 0 radical (unpaired) electrons. The summed E-state index contributed by atoms with van der Waals surface area (Å²) in [7, 11) is 0. The van der Waals surface area contributed by atoms with Crippen LogP contribution in [0.4, 0.5) is 0 Å². The van der Waals surface area contributed by atoms with Gasteiger partial charge in [0.15, 0.2) is 0 Å². The molecule has 0 bridgehead atoms. The molecule has 74 valence electrons. The smallest absolute Gasteiger partial charge is 0.138 e. The average Bonchev–Trinajstić information content (AvgIpc) is 2.59. The molecule has 3 nitrogen and oxygen atoms in total. The maximum atomic E-state index is 5.95. The van der Waals surface area contributed by atoms with E-state index >= 15 is 0 Å². The van der Waals surface area contributed by atoms with Crippen LogP contribution >= 0.6 is 22.6 Å². The minimum atomic E-state index is 0.0950. The highest BCUT2D eigenvalue weighted by Crippen LogP contribution is 2.22. The first-order valence-electron chi connectivity index (χ1n) is 4.60. The number of nitrogens with one attached hydrogen (secondary N) is 1. The van der Waals surface area contributed by atoms with Crippen molar-refractivity contribution in [1.82, 2.24) is 9.97 Å². The number of hydrogen-bond donors (Lipinski definition) is 2. The van der Waals surface area contributed by atoms with Crippen LogP contribution in [0.3, 0.4) is 0 Å². The number of nitrogens with two attached hydrogens (primary N) is 1. The number of aromatic amines is 1. The topological polar surface area (TPSA) is 54.7 Å². The standard InChI is InChI=1S/C10H12IN3/c1-2-9(12)6-3-7-8(11)5-14-10(7)13-4-6/h3-5,9H,2,12H2,1H3,(H,13,14)/t9-/m1/s1. The summed E-state index contributed by atoms with van der Waals surface area (Å²) in [5, 5.41) is 1.16. The van der Waals surface area contributed by atoms with Crippen molar-refractivity contribution < 1.29 is 0 Å². The van der Waals surface area contributed by atoms with Gasteiger partial charge in [-0.25, -0.2) is 4.98 Å². The van der Waals surface area contributed by atoms with E-state index in [9.17, 15) is 0 Å². The fraction of sp³-hybridized carbons (Fsp3) is 0.300. The van der Waals surface area contributed by atoms with Crippen LogP contribution in [0.25, 0.3) is 11.0 Å². The van der Waals surface area contributed by atoms with Crippen molar-refractivity contribution in [2.75, 3.05) is 0 Å². The lowest BCUT2D eigenvalue weighted by Crippen LogP contribution is -2.08. The molecule has 0 aliphatic carbocycles. The van der Waals surface area contributed by atoms with Crippen molar-refractivity contribution in [2.24, 2.45) is 5.73 Å². The molecule has 4 heteroatoms. The lowest BCUT2D eigenvalue weighted by atomic mass is 10.1. The highest BCUT2D eigenvalue weighted by Gasteiger charge is 2.07. The average molecular weight is 301 g/mol. The van der Waals surface area contributed by atoms with E-state index in [0.29, 0.717) is 0 Å². The summed E-state index contributed by atoms with van der Waals surface area (Å²) in [5.41, 5.74) is 7.99. The molecule has 0 unspecified atom stereocenters. The van der Waals surface area contributed by atoms with Gasteiger partial charge in [0.1, 0.15) is 5.65 Å². The Balaban J connectivity index is 2.54. The van der Waals surface area contributed by atoms with Gasteiger partial charge in [0.05, 0.1) is 0 Å². The van der Waals surface area contributed by atoms with Crippen LogP contribution in [0.1, 0.15) is 24.9 Å². The fourth-order valence-electron chi connectivity index (χ4n) is 1.43. The molecule has 0 spiro atoms. The van der Waals surface area contributed by atoms with Gasteiger partial charge in [-0.2, -0.15) is 0 Å². The SMILES string of the molecule is CC[C@@H](N)c1cnc2[nH]cc(I)c2c1. The first-order chi connectivity index (χ1) is 6.72.